The maximum Gasteiger partial charge on any atom is 0.326 e. The van der Waals surface area contributed by atoms with Crippen molar-refractivity contribution in [2.24, 2.45) is 0 Å². The van der Waals surface area contributed by atoms with Gasteiger partial charge in [0.2, 0.25) is 0 Å². The molecule has 1 atom stereocenters. The number of anilines is 1. The van der Waals surface area contributed by atoms with E-state index in [1.54, 1.807) is 24.5 Å². The van der Waals surface area contributed by atoms with Gasteiger partial charge in [-0.2, -0.15) is 0 Å². The summed E-state index contributed by atoms with van der Waals surface area (Å²) in [5.41, 5.74) is 0.830. The predicted molar refractivity (Wildman–Crippen MR) is 118 cm³/mol. The van der Waals surface area contributed by atoms with Gasteiger partial charge < -0.3 is 29.2 Å². The molecule has 0 radical (unpaired) electrons. The van der Waals surface area contributed by atoms with Crippen LogP contribution in [0.4, 0.5) is 5.69 Å². The van der Waals surface area contributed by atoms with Crippen LogP contribution in [0.15, 0.2) is 49.8 Å². The van der Waals surface area contributed by atoms with Gasteiger partial charge in [0.1, 0.15) is 25.9 Å². The van der Waals surface area contributed by atoms with Crippen molar-refractivity contribution in [3.8, 4) is 18.0 Å². The lowest BCUT2D eigenvalue weighted by Crippen LogP contribution is -2.49. The minimum absolute atomic E-state index is 0.0740. The van der Waals surface area contributed by atoms with Crippen molar-refractivity contribution >= 4 is 23.0 Å². The molecule has 2 aromatic heterocycles. The second kappa shape index (κ2) is 11.8. The minimum atomic E-state index is -0.228. The van der Waals surface area contributed by atoms with E-state index in [1.165, 1.54) is 0 Å². The molecular formula is C20H24N6O4S. The maximum absolute atomic E-state index is 5.79. The van der Waals surface area contributed by atoms with E-state index in [0.29, 0.717) is 24.8 Å². The number of hydrogen-bond acceptors (Lipinski definition) is 9. The van der Waals surface area contributed by atoms with Gasteiger partial charge in [-0.15, -0.1) is 15.0 Å². The van der Waals surface area contributed by atoms with Gasteiger partial charge >= 0.3 is 18.0 Å². The SMILES string of the molecule is C=CCOc1nc(OCC=C)nc(OCC2CN(C(=S)Nc3cccnc3)CCO2)n1. The van der Waals surface area contributed by atoms with Crippen LogP contribution in [0.2, 0.25) is 0 Å². The molecule has 0 aliphatic carbocycles. The highest BCUT2D eigenvalue weighted by Crippen LogP contribution is 2.16. The average Bonchev–Trinajstić information content (AvgIpc) is 2.81. The van der Waals surface area contributed by atoms with E-state index < -0.39 is 0 Å². The Hall–Kier alpha value is -3.31. The summed E-state index contributed by atoms with van der Waals surface area (Å²) in [6.07, 6.45) is 6.36. The van der Waals surface area contributed by atoms with Crippen LogP contribution in [0.1, 0.15) is 0 Å². The molecule has 3 heterocycles. The molecule has 0 amide bonds. The lowest BCUT2D eigenvalue weighted by atomic mass is 10.3. The van der Waals surface area contributed by atoms with Crippen LogP contribution in [-0.4, -0.2) is 75.6 Å². The van der Waals surface area contributed by atoms with Crippen molar-refractivity contribution in [2.75, 3.05) is 44.8 Å². The Morgan fingerprint density at radius 1 is 1.16 bits per heavy atom. The van der Waals surface area contributed by atoms with Gasteiger partial charge in [0.25, 0.3) is 0 Å². The number of nitrogens with zero attached hydrogens (tertiary/aromatic N) is 5. The molecule has 0 saturated carbocycles. The topological polar surface area (TPSA) is 104 Å². The number of morpholine rings is 1. The Labute approximate surface area is 185 Å². The summed E-state index contributed by atoms with van der Waals surface area (Å²) >= 11 is 5.51. The molecule has 31 heavy (non-hydrogen) atoms. The van der Waals surface area contributed by atoms with Gasteiger partial charge in [-0.3, -0.25) is 4.98 Å². The van der Waals surface area contributed by atoms with Crippen LogP contribution in [0.25, 0.3) is 0 Å². The highest BCUT2D eigenvalue weighted by molar-refractivity contribution is 7.80. The Balaban J connectivity index is 1.57. The summed E-state index contributed by atoms with van der Waals surface area (Å²) in [6.45, 7) is 9.65. The third-order valence-corrected chi connectivity index (χ3v) is 4.33. The third kappa shape index (κ3) is 7.15. The first-order valence-corrected chi connectivity index (χ1v) is 10.0. The molecule has 3 rings (SSSR count). The van der Waals surface area contributed by atoms with Gasteiger partial charge in [-0.05, 0) is 24.4 Å². The molecule has 11 heteroatoms. The van der Waals surface area contributed by atoms with Gasteiger partial charge in [0.15, 0.2) is 5.11 Å². The Morgan fingerprint density at radius 2 is 1.84 bits per heavy atom. The molecule has 1 N–H and O–H groups in total. The lowest BCUT2D eigenvalue weighted by molar-refractivity contribution is -0.0298. The Morgan fingerprint density at radius 3 is 2.45 bits per heavy atom. The van der Waals surface area contributed by atoms with E-state index in [0.717, 1.165) is 5.69 Å². The first-order chi connectivity index (χ1) is 15.2. The summed E-state index contributed by atoms with van der Waals surface area (Å²) < 4.78 is 22.3. The van der Waals surface area contributed by atoms with Crippen LogP contribution in [0, 0.1) is 0 Å². The second-order valence-corrected chi connectivity index (χ2v) is 6.69. The lowest BCUT2D eigenvalue weighted by Gasteiger charge is -2.34. The molecule has 164 valence electrons. The zero-order valence-electron chi connectivity index (χ0n) is 17.0. The highest BCUT2D eigenvalue weighted by atomic mass is 32.1. The van der Waals surface area contributed by atoms with E-state index in [9.17, 15) is 0 Å². The average molecular weight is 445 g/mol. The van der Waals surface area contributed by atoms with Crippen LogP contribution in [-0.2, 0) is 4.74 Å². The molecule has 0 bridgehead atoms. The van der Waals surface area contributed by atoms with Crippen molar-refractivity contribution in [3.63, 3.8) is 0 Å². The van der Waals surface area contributed by atoms with Gasteiger partial charge in [-0.25, -0.2) is 0 Å². The molecule has 1 aliphatic rings. The zero-order valence-corrected chi connectivity index (χ0v) is 17.8. The van der Waals surface area contributed by atoms with Gasteiger partial charge in [0, 0.05) is 19.3 Å². The Kier molecular flexibility index (Phi) is 8.49. The number of pyridine rings is 1. The smallest absolute Gasteiger partial charge is 0.326 e. The van der Waals surface area contributed by atoms with Crippen molar-refractivity contribution in [2.45, 2.75) is 6.10 Å². The summed E-state index contributed by atoms with van der Waals surface area (Å²) in [5, 5.41) is 3.78. The number of hydrogen-bond donors (Lipinski definition) is 1. The fraction of sp³-hybridized carbons (Fsp3) is 0.350. The van der Waals surface area contributed by atoms with Crippen LogP contribution in [0.3, 0.4) is 0 Å². The summed E-state index contributed by atoms with van der Waals surface area (Å²) in [7, 11) is 0. The van der Waals surface area contributed by atoms with Crippen LogP contribution >= 0.6 is 12.2 Å². The van der Waals surface area contributed by atoms with Crippen molar-refractivity contribution in [1.82, 2.24) is 24.8 Å². The van der Waals surface area contributed by atoms with Crippen LogP contribution in [0.5, 0.6) is 18.0 Å². The van der Waals surface area contributed by atoms with Gasteiger partial charge in [0.05, 0.1) is 18.5 Å². The highest BCUT2D eigenvalue weighted by Gasteiger charge is 2.24. The maximum atomic E-state index is 5.79. The molecule has 10 nitrogen and oxygen atoms in total. The van der Waals surface area contributed by atoms with E-state index in [4.69, 9.17) is 31.2 Å². The van der Waals surface area contributed by atoms with E-state index in [1.807, 2.05) is 17.0 Å². The minimum Gasteiger partial charge on any atom is -0.460 e. The number of thiocarbonyl (C=S) groups is 1. The molecule has 0 aromatic carbocycles. The monoisotopic (exact) mass is 444 g/mol. The number of nitrogens with one attached hydrogen (secondary N) is 1. The predicted octanol–water partition coefficient (Wildman–Crippen LogP) is 1.87. The Bertz CT molecular complexity index is 855. The molecule has 1 unspecified atom stereocenters. The second-order valence-electron chi connectivity index (χ2n) is 6.30. The molecule has 0 spiro atoms. The van der Waals surface area contributed by atoms with Crippen LogP contribution < -0.4 is 19.5 Å². The third-order valence-electron chi connectivity index (χ3n) is 3.97. The van der Waals surface area contributed by atoms with Crippen molar-refractivity contribution in [3.05, 3.63) is 49.8 Å². The van der Waals surface area contributed by atoms with Crippen molar-refractivity contribution in [1.29, 1.82) is 0 Å². The van der Waals surface area contributed by atoms with Gasteiger partial charge in [-0.1, -0.05) is 25.3 Å². The summed E-state index contributed by atoms with van der Waals surface area (Å²) in [5.74, 6) is 0. The van der Waals surface area contributed by atoms with E-state index in [-0.39, 0.29) is 44.0 Å². The van der Waals surface area contributed by atoms with E-state index in [2.05, 4.69) is 38.4 Å². The standard InChI is InChI=1S/C20H24N6O4S/c1-3-9-28-17-23-18(29-10-4-2)25-19(24-17)30-14-16-13-26(8-11-27-16)20(31)22-15-6-5-7-21-12-15/h3-7,12,16H,1-2,8-11,13-14H2,(H,22,31). The molecular weight excluding hydrogens is 420 g/mol. The molecule has 2 aromatic rings. The quantitative estimate of drug-likeness (QED) is 0.429. The first kappa shape index (κ1) is 22.4. The van der Waals surface area contributed by atoms with E-state index >= 15 is 0 Å². The number of ether oxygens (including phenoxy) is 4. The normalized spacial score (nSPS) is 15.6. The molecule has 1 fully saturated rings. The number of aromatic nitrogens is 4. The fourth-order valence-electron chi connectivity index (χ4n) is 2.59. The summed E-state index contributed by atoms with van der Waals surface area (Å²) in [6, 6.07) is 3.98. The van der Waals surface area contributed by atoms with Crippen molar-refractivity contribution < 1.29 is 18.9 Å². The molecule has 1 aliphatic heterocycles. The zero-order chi connectivity index (χ0) is 21.9. The molecule has 1 saturated heterocycles. The fourth-order valence-corrected chi connectivity index (χ4v) is 2.88. The largest absolute Gasteiger partial charge is 0.460 e. The number of rotatable bonds is 10. The summed E-state index contributed by atoms with van der Waals surface area (Å²) in [4.78, 5) is 18.4. The first-order valence-electron chi connectivity index (χ1n) is 9.61.